The van der Waals surface area contributed by atoms with Crippen molar-refractivity contribution in [1.82, 2.24) is 5.32 Å². The summed E-state index contributed by atoms with van der Waals surface area (Å²) in [5.41, 5.74) is 1.31. The number of hydrogen-bond donors (Lipinski definition) is 2. The van der Waals surface area contributed by atoms with E-state index in [0.29, 0.717) is 6.54 Å². The van der Waals surface area contributed by atoms with Crippen molar-refractivity contribution in [3.05, 3.63) is 21.4 Å². The highest BCUT2D eigenvalue weighted by molar-refractivity contribution is 7.14. The Bertz CT molecular complexity index is 374. The van der Waals surface area contributed by atoms with Crippen LogP contribution in [0.4, 0.5) is 0 Å². The molecule has 0 radical (unpaired) electrons. The van der Waals surface area contributed by atoms with Gasteiger partial charge in [0.15, 0.2) is 0 Å². The Morgan fingerprint density at radius 2 is 2.17 bits per heavy atom. The number of rotatable bonds is 8. The molecule has 4 heteroatoms. The van der Waals surface area contributed by atoms with E-state index < -0.39 is 0 Å². The summed E-state index contributed by atoms with van der Waals surface area (Å²) in [7, 11) is 0. The predicted molar refractivity (Wildman–Crippen MR) is 76.3 cm³/mol. The fourth-order valence-corrected chi connectivity index (χ4v) is 3.11. The van der Waals surface area contributed by atoms with Crippen LogP contribution in [-0.4, -0.2) is 24.2 Å². The van der Waals surface area contributed by atoms with Crippen molar-refractivity contribution in [3.8, 4) is 0 Å². The number of carbonyl (C=O) groups is 1. The third kappa shape index (κ3) is 4.42. The molecule has 0 saturated carbocycles. The van der Waals surface area contributed by atoms with Gasteiger partial charge in [-0.1, -0.05) is 20.3 Å². The van der Waals surface area contributed by atoms with Gasteiger partial charge in [0.05, 0.1) is 4.88 Å². The molecule has 0 unspecified atom stereocenters. The first-order valence-corrected chi connectivity index (χ1v) is 7.55. The van der Waals surface area contributed by atoms with Crippen molar-refractivity contribution in [2.75, 3.05) is 13.2 Å². The minimum absolute atomic E-state index is 0.0231. The van der Waals surface area contributed by atoms with Crippen LogP contribution < -0.4 is 5.32 Å². The van der Waals surface area contributed by atoms with Crippen molar-refractivity contribution in [3.63, 3.8) is 0 Å². The molecule has 0 aliphatic heterocycles. The molecule has 0 spiro atoms. The first kappa shape index (κ1) is 15.2. The minimum atomic E-state index is 0.0231. The first-order chi connectivity index (χ1) is 8.72. The topological polar surface area (TPSA) is 49.3 Å². The molecule has 3 nitrogen and oxygen atoms in total. The Labute approximate surface area is 113 Å². The number of aliphatic hydroxyl groups is 1. The predicted octanol–water partition coefficient (Wildman–Crippen LogP) is 2.77. The second-order valence-corrected chi connectivity index (χ2v) is 5.49. The van der Waals surface area contributed by atoms with Crippen molar-refractivity contribution >= 4 is 17.2 Å². The van der Waals surface area contributed by atoms with Crippen LogP contribution in [0.25, 0.3) is 0 Å². The summed E-state index contributed by atoms with van der Waals surface area (Å²) in [6.45, 7) is 5.12. The molecule has 0 saturated heterocycles. The second kappa shape index (κ2) is 8.27. The van der Waals surface area contributed by atoms with Crippen LogP contribution in [0.5, 0.6) is 0 Å². The third-order valence-electron chi connectivity index (χ3n) is 2.85. The number of hydrogen-bond acceptors (Lipinski definition) is 3. The molecule has 0 fully saturated rings. The van der Waals surface area contributed by atoms with E-state index >= 15 is 0 Å². The first-order valence-electron chi connectivity index (χ1n) is 6.73. The van der Waals surface area contributed by atoms with Gasteiger partial charge in [-0.25, -0.2) is 0 Å². The van der Waals surface area contributed by atoms with E-state index in [1.807, 2.05) is 6.07 Å². The molecular weight excluding hydrogens is 246 g/mol. The number of unbranched alkanes of at least 4 members (excludes halogenated alkanes) is 1. The summed E-state index contributed by atoms with van der Waals surface area (Å²) >= 11 is 1.62. The van der Waals surface area contributed by atoms with Crippen LogP contribution in [0, 0.1) is 0 Å². The minimum Gasteiger partial charge on any atom is -0.396 e. The molecule has 1 aromatic rings. The molecule has 0 aromatic carbocycles. The van der Waals surface area contributed by atoms with E-state index in [9.17, 15) is 4.79 Å². The molecule has 0 atom stereocenters. The van der Waals surface area contributed by atoms with E-state index in [1.165, 1.54) is 10.4 Å². The molecule has 102 valence electrons. The van der Waals surface area contributed by atoms with Crippen LogP contribution in [0.15, 0.2) is 6.07 Å². The van der Waals surface area contributed by atoms with Crippen molar-refractivity contribution < 1.29 is 9.90 Å². The Kier molecular flexibility index (Phi) is 6.98. The molecule has 1 aromatic heterocycles. The largest absolute Gasteiger partial charge is 0.396 e. The highest BCUT2D eigenvalue weighted by atomic mass is 32.1. The third-order valence-corrected chi connectivity index (χ3v) is 4.08. The monoisotopic (exact) mass is 269 g/mol. The van der Waals surface area contributed by atoms with Crippen molar-refractivity contribution in [2.45, 2.75) is 46.0 Å². The lowest BCUT2D eigenvalue weighted by Crippen LogP contribution is -2.23. The number of amides is 1. The van der Waals surface area contributed by atoms with Crippen molar-refractivity contribution in [2.24, 2.45) is 0 Å². The maximum Gasteiger partial charge on any atom is 0.261 e. The maximum atomic E-state index is 11.9. The van der Waals surface area contributed by atoms with Gasteiger partial charge >= 0.3 is 0 Å². The number of carbonyl (C=O) groups excluding carboxylic acids is 1. The quantitative estimate of drug-likeness (QED) is 0.713. The lowest BCUT2D eigenvalue weighted by Gasteiger charge is -2.01. The van der Waals surface area contributed by atoms with E-state index in [4.69, 9.17) is 5.11 Å². The number of aryl methyl sites for hydroxylation is 2. The van der Waals surface area contributed by atoms with Gasteiger partial charge in [-0.05, 0) is 37.3 Å². The van der Waals surface area contributed by atoms with Gasteiger partial charge < -0.3 is 10.4 Å². The average molecular weight is 269 g/mol. The standard InChI is InChI=1S/C14H23NO2S/c1-3-7-12-11(4-2)10-13(18-12)14(17)15-8-5-6-9-16/h10,16H,3-9H2,1-2H3,(H,15,17). The number of aliphatic hydroxyl groups excluding tert-OH is 1. The number of thiophene rings is 1. The number of nitrogens with one attached hydrogen (secondary N) is 1. The SMILES string of the molecule is CCCc1sc(C(=O)NCCCCO)cc1CC. The Morgan fingerprint density at radius 1 is 1.39 bits per heavy atom. The van der Waals surface area contributed by atoms with Crippen LogP contribution in [0.2, 0.25) is 0 Å². The van der Waals surface area contributed by atoms with E-state index in [2.05, 4.69) is 19.2 Å². The zero-order chi connectivity index (χ0) is 13.4. The highest BCUT2D eigenvalue weighted by Gasteiger charge is 2.12. The normalized spacial score (nSPS) is 10.6. The van der Waals surface area contributed by atoms with E-state index in [1.54, 1.807) is 11.3 Å². The zero-order valence-corrected chi connectivity index (χ0v) is 12.1. The highest BCUT2D eigenvalue weighted by Crippen LogP contribution is 2.24. The molecule has 18 heavy (non-hydrogen) atoms. The Balaban J connectivity index is 2.56. The summed E-state index contributed by atoms with van der Waals surface area (Å²) in [5.74, 6) is 0.0231. The molecule has 1 amide bonds. The van der Waals surface area contributed by atoms with Gasteiger partial charge in [-0.3, -0.25) is 4.79 Å². The van der Waals surface area contributed by atoms with Crippen LogP contribution in [-0.2, 0) is 12.8 Å². The fraction of sp³-hybridized carbons (Fsp3) is 0.643. The maximum absolute atomic E-state index is 11.9. The van der Waals surface area contributed by atoms with Crippen LogP contribution >= 0.6 is 11.3 Å². The average Bonchev–Trinajstić information content (AvgIpc) is 2.78. The molecular formula is C14H23NO2S. The van der Waals surface area contributed by atoms with Crippen molar-refractivity contribution in [1.29, 1.82) is 0 Å². The fourth-order valence-electron chi connectivity index (χ4n) is 1.84. The van der Waals surface area contributed by atoms with E-state index in [0.717, 1.165) is 37.0 Å². The lowest BCUT2D eigenvalue weighted by atomic mass is 10.1. The summed E-state index contributed by atoms with van der Waals surface area (Å²) < 4.78 is 0. The Hall–Kier alpha value is -0.870. The summed E-state index contributed by atoms with van der Waals surface area (Å²) in [5, 5.41) is 11.6. The zero-order valence-electron chi connectivity index (χ0n) is 11.3. The summed E-state index contributed by atoms with van der Waals surface area (Å²) in [6, 6.07) is 2.02. The molecule has 1 heterocycles. The van der Waals surface area contributed by atoms with Crippen LogP contribution in [0.1, 0.15) is 53.2 Å². The second-order valence-electron chi connectivity index (χ2n) is 4.35. The van der Waals surface area contributed by atoms with Gasteiger partial charge in [-0.2, -0.15) is 0 Å². The van der Waals surface area contributed by atoms with Gasteiger partial charge in [0.1, 0.15) is 0 Å². The lowest BCUT2D eigenvalue weighted by molar-refractivity contribution is 0.0956. The summed E-state index contributed by atoms with van der Waals surface area (Å²) in [6.07, 6.45) is 4.74. The van der Waals surface area contributed by atoms with Gasteiger partial charge in [0.2, 0.25) is 0 Å². The van der Waals surface area contributed by atoms with Crippen LogP contribution in [0.3, 0.4) is 0 Å². The Morgan fingerprint density at radius 3 is 2.78 bits per heavy atom. The molecule has 0 bridgehead atoms. The summed E-state index contributed by atoms with van der Waals surface area (Å²) in [4.78, 5) is 14.1. The van der Waals surface area contributed by atoms with E-state index in [-0.39, 0.29) is 12.5 Å². The molecule has 0 aliphatic carbocycles. The van der Waals surface area contributed by atoms with Gasteiger partial charge in [0, 0.05) is 18.0 Å². The van der Waals surface area contributed by atoms with Gasteiger partial charge in [0.25, 0.3) is 5.91 Å². The van der Waals surface area contributed by atoms with Gasteiger partial charge in [-0.15, -0.1) is 11.3 Å². The molecule has 1 rings (SSSR count). The molecule has 0 aliphatic rings. The molecule has 2 N–H and O–H groups in total. The smallest absolute Gasteiger partial charge is 0.261 e.